The van der Waals surface area contributed by atoms with Crippen molar-refractivity contribution in [1.82, 2.24) is 10.3 Å². The molecule has 0 spiro atoms. The molecule has 0 aliphatic carbocycles. The lowest BCUT2D eigenvalue weighted by molar-refractivity contribution is -0.119. The van der Waals surface area contributed by atoms with Crippen LogP contribution in [0.2, 0.25) is 0 Å². The molecule has 0 fully saturated rings. The molecule has 94 valence electrons. The molecule has 0 unspecified atom stereocenters. The molecule has 1 aromatic rings. The molecule has 1 aromatic heterocycles. The molecule has 17 heavy (non-hydrogen) atoms. The van der Waals surface area contributed by atoms with Gasteiger partial charge < -0.3 is 20.1 Å². The van der Waals surface area contributed by atoms with Gasteiger partial charge in [-0.3, -0.25) is 4.79 Å². The number of anilines is 1. The average Bonchev–Trinajstić information content (AvgIpc) is 2.37. The third-order valence-electron chi connectivity index (χ3n) is 2.03. The summed E-state index contributed by atoms with van der Waals surface area (Å²) in [6, 6.07) is 3.53. The zero-order valence-corrected chi connectivity index (χ0v) is 10.0. The highest BCUT2D eigenvalue weighted by atomic mass is 16.5. The zero-order chi connectivity index (χ0) is 12.5. The van der Waals surface area contributed by atoms with Crippen molar-refractivity contribution in [1.29, 1.82) is 0 Å². The fraction of sp³-hybridized carbons (Fsp3) is 0.455. The number of hydrogen-bond donors (Lipinski definition) is 2. The van der Waals surface area contributed by atoms with Crippen molar-refractivity contribution in [3.8, 4) is 5.75 Å². The maximum Gasteiger partial charge on any atom is 0.239 e. The zero-order valence-electron chi connectivity index (χ0n) is 10.0. The Hall–Kier alpha value is -1.82. The van der Waals surface area contributed by atoms with Crippen LogP contribution in [0.25, 0.3) is 0 Å². The Bertz CT molecular complexity index is 340. The third-order valence-corrected chi connectivity index (χ3v) is 2.03. The number of ether oxygens (including phenoxy) is 2. The molecule has 0 aliphatic heterocycles. The summed E-state index contributed by atoms with van der Waals surface area (Å²) >= 11 is 0. The normalized spacial score (nSPS) is 9.76. The second kappa shape index (κ2) is 7.45. The first kappa shape index (κ1) is 13.2. The summed E-state index contributed by atoms with van der Waals surface area (Å²) in [5.74, 6) is 1.22. The summed E-state index contributed by atoms with van der Waals surface area (Å²) in [6.45, 7) is 1.20. The number of carbonyl (C=O) groups is 1. The van der Waals surface area contributed by atoms with Gasteiger partial charge in [0.2, 0.25) is 5.91 Å². The predicted molar refractivity (Wildman–Crippen MR) is 64.2 cm³/mol. The summed E-state index contributed by atoms with van der Waals surface area (Å²) in [6.07, 6.45) is 1.59. The van der Waals surface area contributed by atoms with E-state index in [0.29, 0.717) is 24.7 Å². The summed E-state index contributed by atoms with van der Waals surface area (Å²) < 4.78 is 9.80. The lowest BCUT2D eigenvalue weighted by atomic mass is 10.4. The van der Waals surface area contributed by atoms with Crippen molar-refractivity contribution < 1.29 is 14.3 Å². The van der Waals surface area contributed by atoms with Gasteiger partial charge in [0, 0.05) is 13.7 Å². The average molecular weight is 239 g/mol. The van der Waals surface area contributed by atoms with Crippen molar-refractivity contribution in [2.45, 2.75) is 0 Å². The molecule has 6 heteroatoms. The largest absolute Gasteiger partial charge is 0.495 e. The Morgan fingerprint density at radius 2 is 2.24 bits per heavy atom. The minimum absolute atomic E-state index is 0.0975. The first-order chi connectivity index (χ1) is 8.26. The lowest BCUT2D eigenvalue weighted by Gasteiger charge is -2.07. The van der Waals surface area contributed by atoms with Crippen molar-refractivity contribution in [2.75, 3.05) is 39.2 Å². The summed E-state index contributed by atoms with van der Waals surface area (Å²) in [5, 5.41) is 5.60. The molecule has 6 nitrogen and oxygen atoms in total. The lowest BCUT2D eigenvalue weighted by Crippen LogP contribution is -2.32. The molecule has 1 rings (SSSR count). The van der Waals surface area contributed by atoms with Crippen LogP contribution < -0.4 is 15.4 Å². The van der Waals surface area contributed by atoms with Crippen LogP contribution >= 0.6 is 0 Å². The van der Waals surface area contributed by atoms with E-state index in [0.717, 1.165) is 0 Å². The highest BCUT2D eigenvalue weighted by molar-refractivity contribution is 5.80. The Morgan fingerprint density at radius 1 is 1.41 bits per heavy atom. The molecule has 0 atom stereocenters. The van der Waals surface area contributed by atoms with Gasteiger partial charge in [-0.2, -0.15) is 0 Å². The SMILES string of the molecule is COCCNC(=O)CNc1ccc(OC)cn1. The quantitative estimate of drug-likeness (QED) is 0.668. The Labute approximate surface area is 100 Å². The van der Waals surface area contributed by atoms with E-state index in [9.17, 15) is 4.79 Å². The third kappa shape index (κ3) is 5.17. The fourth-order valence-corrected chi connectivity index (χ4v) is 1.13. The van der Waals surface area contributed by atoms with E-state index in [-0.39, 0.29) is 12.5 Å². The van der Waals surface area contributed by atoms with E-state index < -0.39 is 0 Å². The fourth-order valence-electron chi connectivity index (χ4n) is 1.13. The van der Waals surface area contributed by atoms with Gasteiger partial charge in [0.25, 0.3) is 0 Å². The molecule has 0 bridgehead atoms. The minimum atomic E-state index is -0.0975. The first-order valence-corrected chi connectivity index (χ1v) is 5.26. The summed E-state index contributed by atoms with van der Waals surface area (Å²) in [4.78, 5) is 15.4. The highest BCUT2D eigenvalue weighted by Gasteiger charge is 2.01. The van der Waals surface area contributed by atoms with Gasteiger partial charge in [-0.15, -0.1) is 0 Å². The number of methoxy groups -OCH3 is 2. The van der Waals surface area contributed by atoms with Gasteiger partial charge in [-0.05, 0) is 12.1 Å². The Morgan fingerprint density at radius 3 is 2.82 bits per heavy atom. The molecular weight excluding hydrogens is 222 g/mol. The van der Waals surface area contributed by atoms with Gasteiger partial charge in [0.1, 0.15) is 11.6 Å². The molecule has 0 saturated carbocycles. The maximum absolute atomic E-state index is 11.3. The number of aromatic nitrogens is 1. The number of nitrogens with one attached hydrogen (secondary N) is 2. The van der Waals surface area contributed by atoms with Gasteiger partial charge in [-0.1, -0.05) is 0 Å². The van der Waals surface area contributed by atoms with Gasteiger partial charge >= 0.3 is 0 Å². The monoisotopic (exact) mass is 239 g/mol. The molecular formula is C11H17N3O3. The van der Waals surface area contributed by atoms with E-state index in [2.05, 4.69) is 15.6 Å². The molecule has 0 saturated heterocycles. The van der Waals surface area contributed by atoms with Crippen LogP contribution in [-0.2, 0) is 9.53 Å². The van der Waals surface area contributed by atoms with Crippen molar-refractivity contribution in [3.05, 3.63) is 18.3 Å². The molecule has 0 radical (unpaired) electrons. The molecule has 2 N–H and O–H groups in total. The number of rotatable bonds is 7. The molecule has 1 heterocycles. The topological polar surface area (TPSA) is 72.5 Å². The second-order valence-corrected chi connectivity index (χ2v) is 3.28. The predicted octanol–water partition coefficient (Wildman–Crippen LogP) is 0.265. The maximum atomic E-state index is 11.3. The van der Waals surface area contributed by atoms with Crippen molar-refractivity contribution in [3.63, 3.8) is 0 Å². The summed E-state index contributed by atoms with van der Waals surface area (Å²) in [7, 11) is 3.17. The number of carbonyl (C=O) groups excluding carboxylic acids is 1. The smallest absolute Gasteiger partial charge is 0.239 e. The number of pyridine rings is 1. The number of nitrogens with zero attached hydrogens (tertiary/aromatic N) is 1. The van der Waals surface area contributed by atoms with E-state index in [1.54, 1.807) is 32.5 Å². The van der Waals surface area contributed by atoms with Crippen LogP contribution in [0.3, 0.4) is 0 Å². The van der Waals surface area contributed by atoms with Crippen LogP contribution in [0, 0.1) is 0 Å². The van der Waals surface area contributed by atoms with Crippen LogP contribution in [0.1, 0.15) is 0 Å². The van der Waals surface area contributed by atoms with Gasteiger partial charge in [0.05, 0.1) is 26.5 Å². The number of hydrogen-bond acceptors (Lipinski definition) is 5. The van der Waals surface area contributed by atoms with Gasteiger partial charge in [0.15, 0.2) is 0 Å². The standard InChI is InChI=1S/C11H17N3O3/c1-16-6-5-12-11(15)8-14-10-4-3-9(17-2)7-13-10/h3-4,7H,5-6,8H2,1-2H3,(H,12,15)(H,13,14). The minimum Gasteiger partial charge on any atom is -0.495 e. The van der Waals surface area contributed by atoms with Crippen LogP contribution in [0.15, 0.2) is 18.3 Å². The Kier molecular flexibility index (Phi) is 5.81. The van der Waals surface area contributed by atoms with Crippen LogP contribution in [0.5, 0.6) is 5.75 Å². The summed E-state index contributed by atoms with van der Waals surface area (Å²) in [5.41, 5.74) is 0. The van der Waals surface area contributed by atoms with Crippen LogP contribution in [-0.4, -0.2) is 44.8 Å². The van der Waals surface area contributed by atoms with Crippen molar-refractivity contribution >= 4 is 11.7 Å². The van der Waals surface area contributed by atoms with E-state index in [4.69, 9.17) is 9.47 Å². The molecule has 0 aliphatic rings. The second-order valence-electron chi connectivity index (χ2n) is 3.28. The first-order valence-electron chi connectivity index (χ1n) is 5.26. The molecule has 1 amide bonds. The number of amides is 1. The van der Waals surface area contributed by atoms with Crippen molar-refractivity contribution in [2.24, 2.45) is 0 Å². The van der Waals surface area contributed by atoms with Crippen LogP contribution in [0.4, 0.5) is 5.82 Å². The van der Waals surface area contributed by atoms with E-state index in [1.807, 2.05) is 0 Å². The molecule has 0 aromatic carbocycles. The highest BCUT2D eigenvalue weighted by Crippen LogP contribution is 2.10. The van der Waals surface area contributed by atoms with Gasteiger partial charge in [-0.25, -0.2) is 4.98 Å². The van der Waals surface area contributed by atoms with E-state index in [1.165, 1.54) is 0 Å². The Balaban J connectivity index is 2.27. The van der Waals surface area contributed by atoms with E-state index >= 15 is 0 Å².